The maximum absolute atomic E-state index is 11.0. The highest BCUT2D eigenvalue weighted by molar-refractivity contribution is 5.68. The fraction of sp³-hybridized carbons (Fsp3) is 0.762. The van der Waals surface area contributed by atoms with Crippen molar-refractivity contribution in [2.24, 2.45) is 0 Å². The lowest BCUT2D eigenvalue weighted by atomic mass is 10.1. The predicted octanol–water partition coefficient (Wildman–Crippen LogP) is 4.77. The number of nitrogens with one attached hydrogen (secondary N) is 1. The molecule has 0 spiro atoms. The van der Waals surface area contributed by atoms with Gasteiger partial charge in [0.1, 0.15) is 0 Å². The monoisotopic (exact) mass is 350 g/mol. The van der Waals surface area contributed by atoms with Crippen LogP contribution in [0.4, 0.5) is 0 Å². The Balaban J connectivity index is 2.11. The fourth-order valence-corrected chi connectivity index (χ4v) is 3.09. The molecule has 0 atom stereocenters. The molecule has 0 unspecified atom stereocenters. The Kier molecular flexibility index (Phi) is 12.8. The number of unbranched alkanes of at least 4 members (excludes halogenated alkanes) is 7. The normalized spacial score (nSPS) is 17.8. The minimum absolute atomic E-state index is 0.0879. The molecule has 1 N–H and O–H groups in total. The van der Waals surface area contributed by atoms with Gasteiger partial charge in [0, 0.05) is 31.8 Å². The molecule has 1 rings (SSSR count). The van der Waals surface area contributed by atoms with Crippen LogP contribution in [0.15, 0.2) is 24.0 Å². The largest absolute Gasteiger partial charge is 0.469 e. The van der Waals surface area contributed by atoms with Gasteiger partial charge in [-0.2, -0.15) is 0 Å². The van der Waals surface area contributed by atoms with Crippen LogP contribution in [0.5, 0.6) is 0 Å². The van der Waals surface area contributed by atoms with Crippen LogP contribution in [0.1, 0.15) is 77.6 Å². The van der Waals surface area contributed by atoms with Crippen molar-refractivity contribution in [2.45, 2.75) is 77.6 Å². The first-order valence-corrected chi connectivity index (χ1v) is 10.2. The second kappa shape index (κ2) is 14.9. The number of carbonyl (C=O) groups is 1. The number of carbonyl (C=O) groups excluding carboxylic acids is 1. The summed E-state index contributed by atoms with van der Waals surface area (Å²) in [5, 5.41) is 3.58. The Morgan fingerprint density at radius 3 is 2.68 bits per heavy atom. The van der Waals surface area contributed by atoms with E-state index in [0.717, 1.165) is 32.4 Å². The van der Waals surface area contributed by atoms with Gasteiger partial charge in [-0.3, -0.25) is 4.79 Å². The molecular formula is C21H38N2O2. The van der Waals surface area contributed by atoms with E-state index in [1.165, 1.54) is 64.3 Å². The lowest BCUT2D eigenvalue weighted by Gasteiger charge is -2.23. The predicted molar refractivity (Wildman–Crippen MR) is 105 cm³/mol. The van der Waals surface area contributed by atoms with Crippen LogP contribution in [0, 0.1) is 0 Å². The summed E-state index contributed by atoms with van der Waals surface area (Å²) >= 11 is 0. The highest BCUT2D eigenvalue weighted by Crippen LogP contribution is 2.12. The zero-order chi connectivity index (χ0) is 18.2. The summed E-state index contributed by atoms with van der Waals surface area (Å²) in [5.41, 5.74) is 1.36. The molecule has 1 aliphatic heterocycles. The zero-order valence-corrected chi connectivity index (χ0v) is 16.4. The maximum Gasteiger partial charge on any atom is 0.305 e. The number of allylic oxidation sites excluding steroid dienone is 3. The standard InChI is InChI=1S/C21H38N2O2/c1-3-4-5-11-17-23-18-12-14-20(22-16-19-23)13-9-7-6-8-10-15-21(24)25-2/h12,14,18,22H,3-11,13,15-17,19H2,1-2H3/b18-12-,20-14-. The minimum Gasteiger partial charge on any atom is -0.469 e. The van der Waals surface area contributed by atoms with Crippen LogP contribution in [0.3, 0.4) is 0 Å². The van der Waals surface area contributed by atoms with Crippen LogP contribution < -0.4 is 5.32 Å². The van der Waals surface area contributed by atoms with Gasteiger partial charge in [0.15, 0.2) is 0 Å². The van der Waals surface area contributed by atoms with E-state index in [9.17, 15) is 4.79 Å². The zero-order valence-electron chi connectivity index (χ0n) is 16.4. The summed E-state index contributed by atoms with van der Waals surface area (Å²) in [7, 11) is 1.46. The maximum atomic E-state index is 11.0. The van der Waals surface area contributed by atoms with Gasteiger partial charge in [-0.1, -0.05) is 45.4 Å². The van der Waals surface area contributed by atoms with E-state index in [1.54, 1.807) is 0 Å². The first-order chi connectivity index (χ1) is 12.3. The molecule has 0 radical (unpaired) electrons. The van der Waals surface area contributed by atoms with Crippen molar-refractivity contribution in [3.05, 3.63) is 24.0 Å². The molecule has 0 fully saturated rings. The third kappa shape index (κ3) is 11.7. The molecule has 4 heteroatoms. The molecule has 0 aromatic carbocycles. The van der Waals surface area contributed by atoms with Crippen LogP contribution >= 0.6 is 0 Å². The smallest absolute Gasteiger partial charge is 0.305 e. The topological polar surface area (TPSA) is 41.6 Å². The van der Waals surface area contributed by atoms with E-state index in [4.69, 9.17) is 0 Å². The van der Waals surface area contributed by atoms with E-state index in [-0.39, 0.29) is 5.97 Å². The van der Waals surface area contributed by atoms with E-state index in [2.05, 4.69) is 40.2 Å². The van der Waals surface area contributed by atoms with Crippen molar-refractivity contribution < 1.29 is 9.53 Å². The summed E-state index contributed by atoms with van der Waals surface area (Å²) < 4.78 is 4.65. The summed E-state index contributed by atoms with van der Waals surface area (Å²) in [5.74, 6) is -0.0879. The van der Waals surface area contributed by atoms with Crippen molar-refractivity contribution in [3.8, 4) is 0 Å². The number of hydrogen-bond acceptors (Lipinski definition) is 4. The average Bonchev–Trinajstić information content (AvgIpc) is 2.60. The van der Waals surface area contributed by atoms with Gasteiger partial charge in [0.25, 0.3) is 0 Å². The second-order valence-corrected chi connectivity index (χ2v) is 6.90. The molecule has 0 saturated heterocycles. The van der Waals surface area contributed by atoms with Gasteiger partial charge < -0.3 is 15.0 Å². The molecule has 0 amide bonds. The van der Waals surface area contributed by atoms with E-state index < -0.39 is 0 Å². The summed E-state index contributed by atoms with van der Waals surface area (Å²) in [6, 6.07) is 0. The van der Waals surface area contributed by atoms with Crippen molar-refractivity contribution in [2.75, 3.05) is 26.7 Å². The number of ether oxygens (including phenoxy) is 1. The van der Waals surface area contributed by atoms with Gasteiger partial charge in [-0.05, 0) is 44.0 Å². The van der Waals surface area contributed by atoms with Crippen molar-refractivity contribution in [3.63, 3.8) is 0 Å². The first-order valence-electron chi connectivity index (χ1n) is 10.2. The molecule has 4 nitrogen and oxygen atoms in total. The molecule has 144 valence electrons. The third-order valence-electron chi connectivity index (χ3n) is 4.70. The molecule has 25 heavy (non-hydrogen) atoms. The van der Waals surface area contributed by atoms with E-state index in [1.807, 2.05) is 0 Å². The van der Waals surface area contributed by atoms with Gasteiger partial charge in [0.2, 0.25) is 0 Å². The number of rotatable bonds is 13. The SMILES string of the molecule is CCCCCCN1/C=C\C=C(\CCCCCCCC(=O)OC)NCC1. The highest BCUT2D eigenvalue weighted by Gasteiger charge is 2.04. The molecule has 0 aliphatic carbocycles. The molecule has 0 bridgehead atoms. The van der Waals surface area contributed by atoms with Crippen molar-refractivity contribution >= 4 is 5.97 Å². The number of esters is 1. The number of hydrogen-bond donors (Lipinski definition) is 1. The summed E-state index contributed by atoms with van der Waals surface area (Å²) in [6.45, 7) is 5.55. The third-order valence-corrected chi connectivity index (χ3v) is 4.70. The molecule has 0 saturated carbocycles. The van der Waals surface area contributed by atoms with Crippen LogP contribution in [0.25, 0.3) is 0 Å². The minimum atomic E-state index is -0.0879. The van der Waals surface area contributed by atoms with Crippen LogP contribution in [0.2, 0.25) is 0 Å². The van der Waals surface area contributed by atoms with E-state index in [0.29, 0.717) is 6.42 Å². The first kappa shape index (κ1) is 21.6. The van der Waals surface area contributed by atoms with Gasteiger partial charge in [-0.15, -0.1) is 0 Å². The van der Waals surface area contributed by atoms with Crippen LogP contribution in [-0.4, -0.2) is 37.6 Å². The summed E-state index contributed by atoms with van der Waals surface area (Å²) in [4.78, 5) is 13.5. The Morgan fingerprint density at radius 1 is 1.12 bits per heavy atom. The van der Waals surface area contributed by atoms with Gasteiger partial charge in [0.05, 0.1) is 7.11 Å². The molecule has 0 aromatic heterocycles. The number of nitrogens with zero attached hydrogens (tertiary/aromatic N) is 1. The quantitative estimate of drug-likeness (QED) is 0.384. The molecule has 0 aromatic rings. The summed E-state index contributed by atoms with van der Waals surface area (Å²) in [6.07, 6.45) is 19.4. The number of methoxy groups -OCH3 is 1. The lowest BCUT2D eigenvalue weighted by Crippen LogP contribution is -2.30. The van der Waals surface area contributed by atoms with Gasteiger partial charge >= 0.3 is 5.97 Å². The molecular weight excluding hydrogens is 312 g/mol. The average molecular weight is 351 g/mol. The molecule has 1 aliphatic rings. The second-order valence-electron chi connectivity index (χ2n) is 6.90. The highest BCUT2D eigenvalue weighted by atomic mass is 16.5. The van der Waals surface area contributed by atoms with Crippen molar-refractivity contribution in [1.29, 1.82) is 0 Å². The molecule has 1 heterocycles. The Morgan fingerprint density at radius 2 is 1.88 bits per heavy atom. The van der Waals surface area contributed by atoms with Crippen molar-refractivity contribution in [1.82, 2.24) is 10.2 Å². The fourth-order valence-electron chi connectivity index (χ4n) is 3.09. The Labute approximate surface area is 154 Å². The Hall–Kier alpha value is -1.45. The Bertz CT molecular complexity index is 405. The lowest BCUT2D eigenvalue weighted by molar-refractivity contribution is -0.140. The van der Waals surface area contributed by atoms with Crippen LogP contribution in [-0.2, 0) is 9.53 Å². The van der Waals surface area contributed by atoms with Gasteiger partial charge in [-0.25, -0.2) is 0 Å². The van der Waals surface area contributed by atoms with E-state index >= 15 is 0 Å².